The first-order valence-corrected chi connectivity index (χ1v) is 9.07. The summed E-state index contributed by atoms with van der Waals surface area (Å²) in [4.78, 5) is 0. The topological polar surface area (TPSA) is 21.3 Å². The van der Waals surface area contributed by atoms with Crippen LogP contribution in [-0.2, 0) is 4.74 Å². The molecule has 20 heavy (non-hydrogen) atoms. The van der Waals surface area contributed by atoms with E-state index in [1.165, 1.54) is 38.5 Å². The lowest BCUT2D eigenvalue weighted by molar-refractivity contribution is -0.0724. The first-order valence-electron chi connectivity index (χ1n) is 9.07. The van der Waals surface area contributed by atoms with Crippen LogP contribution in [-0.4, -0.2) is 25.3 Å². The van der Waals surface area contributed by atoms with Crippen LogP contribution in [0.4, 0.5) is 0 Å². The van der Waals surface area contributed by atoms with Gasteiger partial charge >= 0.3 is 0 Å². The molecule has 4 aliphatic carbocycles. The molecule has 1 N–H and O–H groups in total. The molecule has 1 aliphatic heterocycles. The number of hydrogen-bond acceptors (Lipinski definition) is 2. The fraction of sp³-hybridized carbons (Fsp3) is 1.00. The Balaban J connectivity index is 1.43. The molecule has 1 heterocycles. The van der Waals surface area contributed by atoms with Crippen LogP contribution < -0.4 is 5.32 Å². The predicted octanol–water partition coefficient (Wildman–Crippen LogP) is 3.75. The fourth-order valence-corrected chi connectivity index (χ4v) is 6.31. The minimum absolute atomic E-state index is 0.655. The molecule has 0 aromatic heterocycles. The van der Waals surface area contributed by atoms with Crippen molar-refractivity contribution >= 4 is 0 Å². The van der Waals surface area contributed by atoms with Crippen molar-refractivity contribution in [2.45, 2.75) is 76.8 Å². The summed E-state index contributed by atoms with van der Waals surface area (Å²) in [7, 11) is 0. The van der Waals surface area contributed by atoms with E-state index in [0.29, 0.717) is 11.5 Å². The highest BCUT2D eigenvalue weighted by Gasteiger charge is 2.53. The van der Waals surface area contributed by atoms with Crippen LogP contribution in [0, 0.1) is 23.2 Å². The molecule has 5 rings (SSSR count). The molecule has 0 spiro atoms. The van der Waals surface area contributed by atoms with E-state index in [1.807, 2.05) is 0 Å². The van der Waals surface area contributed by atoms with Crippen LogP contribution in [0.3, 0.4) is 0 Å². The zero-order valence-electron chi connectivity index (χ0n) is 13.1. The van der Waals surface area contributed by atoms with E-state index in [2.05, 4.69) is 12.2 Å². The van der Waals surface area contributed by atoms with Gasteiger partial charge in [0.2, 0.25) is 0 Å². The Bertz CT molecular complexity index is 310. The van der Waals surface area contributed by atoms with Crippen molar-refractivity contribution in [2.75, 3.05) is 13.2 Å². The average molecular weight is 277 g/mol. The molecule has 0 radical (unpaired) electrons. The molecule has 2 unspecified atom stereocenters. The summed E-state index contributed by atoms with van der Waals surface area (Å²) in [6, 6.07) is 1.43. The molecule has 0 aromatic rings. The van der Waals surface area contributed by atoms with Gasteiger partial charge in [0.15, 0.2) is 0 Å². The van der Waals surface area contributed by atoms with Gasteiger partial charge in [-0.3, -0.25) is 0 Å². The molecule has 2 heteroatoms. The summed E-state index contributed by atoms with van der Waals surface area (Å²) in [5.74, 6) is 3.22. The van der Waals surface area contributed by atoms with Crippen LogP contribution >= 0.6 is 0 Å². The minimum atomic E-state index is 0.655. The van der Waals surface area contributed by atoms with Crippen LogP contribution in [0.5, 0.6) is 0 Å². The minimum Gasteiger partial charge on any atom is -0.381 e. The van der Waals surface area contributed by atoms with Gasteiger partial charge in [0, 0.05) is 25.3 Å². The third-order valence-electron chi connectivity index (χ3n) is 6.94. The first kappa shape index (κ1) is 13.6. The Morgan fingerprint density at radius 2 is 1.60 bits per heavy atom. The van der Waals surface area contributed by atoms with Crippen molar-refractivity contribution in [2.24, 2.45) is 23.2 Å². The Labute approximate surface area is 124 Å². The van der Waals surface area contributed by atoms with Gasteiger partial charge < -0.3 is 10.1 Å². The quantitative estimate of drug-likeness (QED) is 0.848. The van der Waals surface area contributed by atoms with Crippen LogP contribution in [0.1, 0.15) is 64.7 Å². The van der Waals surface area contributed by atoms with Crippen molar-refractivity contribution in [3.05, 3.63) is 0 Å². The molecule has 1 saturated heterocycles. The molecule has 4 bridgehead atoms. The molecule has 114 valence electrons. The number of rotatable bonds is 3. The zero-order valence-corrected chi connectivity index (χ0v) is 13.1. The maximum Gasteiger partial charge on any atom is 0.0480 e. The summed E-state index contributed by atoms with van der Waals surface area (Å²) < 4.78 is 5.62. The largest absolute Gasteiger partial charge is 0.381 e. The van der Waals surface area contributed by atoms with Gasteiger partial charge in [0.25, 0.3) is 0 Å². The molecule has 5 fully saturated rings. The third-order valence-corrected chi connectivity index (χ3v) is 6.94. The van der Waals surface area contributed by atoms with Crippen molar-refractivity contribution in [1.29, 1.82) is 0 Å². The second-order valence-electron chi connectivity index (χ2n) is 8.41. The van der Waals surface area contributed by atoms with Crippen molar-refractivity contribution in [1.82, 2.24) is 5.32 Å². The summed E-state index contributed by atoms with van der Waals surface area (Å²) >= 11 is 0. The van der Waals surface area contributed by atoms with E-state index < -0.39 is 0 Å². The average Bonchev–Trinajstić information content (AvgIpc) is 2.65. The highest BCUT2D eigenvalue weighted by molar-refractivity contribution is 5.05. The van der Waals surface area contributed by atoms with Gasteiger partial charge in [-0.15, -0.1) is 0 Å². The summed E-state index contributed by atoms with van der Waals surface area (Å²) in [6.07, 6.45) is 13.0. The SMILES string of the molecule is CC(NC1CCCOCC1)C12CC3CC(CC(C3)C1)C2. The molecule has 5 aliphatic rings. The molecular formula is C18H31NO. The van der Waals surface area contributed by atoms with Gasteiger partial charge in [-0.25, -0.2) is 0 Å². The van der Waals surface area contributed by atoms with Crippen LogP contribution in [0.15, 0.2) is 0 Å². The standard InChI is InChI=1S/C18H31NO/c1-13(19-17-3-2-5-20-6-4-17)18-10-14-7-15(11-18)9-16(8-14)12-18/h13-17,19H,2-12H2,1H3. The molecule has 2 nitrogen and oxygen atoms in total. The number of nitrogens with one attached hydrogen (secondary N) is 1. The molecule has 4 saturated carbocycles. The lowest BCUT2D eigenvalue weighted by Crippen LogP contribution is -2.56. The predicted molar refractivity (Wildman–Crippen MR) is 81.7 cm³/mol. The highest BCUT2D eigenvalue weighted by Crippen LogP contribution is 2.61. The molecular weight excluding hydrogens is 246 g/mol. The Kier molecular flexibility index (Phi) is 3.58. The normalized spacial score (nSPS) is 49.0. The van der Waals surface area contributed by atoms with Gasteiger partial charge in [-0.2, -0.15) is 0 Å². The van der Waals surface area contributed by atoms with Crippen molar-refractivity contribution in [3.63, 3.8) is 0 Å². The summed E-state index contributed by atoms with van der Waals surface area (Å²) in [5.41, 5.74) is 0.655. The highest BCUT2D eigenvalue weighted by atomic mass is 16.5. The van der Waals surface area contributed by atoms with Crippen LogP contribution in [0.25, 0.3) is 0 Å². The molecule has 0 aromatic carbocycles. The fourth-order valence-electron chi connectivity index (χ4n) is 6.31. The van der Waals surface area contributed by atoms with Gasteiger partial charge in [0.05, 0.1) is 0 Å². The Hall–Kier alpha value is -0.0800. The maximum absolute atomic E-state index is 5.62. The number of ether oxygens (including phenoxy) is 1. The first-order chi connectivity index (χ1) is 9.73. The third kappa shape index (κ3) is 2.43. The van der Waals surface area contributed by atoms with Gasteiger partial charge in [-0.1, -0.05) is 0 Å². The second kappa shape index (κ2) is 5.28. The smallest absolute Gasteiger partial charge is 0.0480 e. The van der Waals surface area contributed by atoms with E-state index >= 15 is 0 Å². The van der Waals surface area contributed by atoms with E-state index in [0.717, 1.165) is 37.0 Å². The van der Waals surface area contributed by atoms with Crippen molar-refractivity contribution < 1.29 is 4.74 Å². The Morgan fingerprint density at radius 1 is 0.950 bits per heavy atom. The zero-order chi connectivity index (χ0) is 13.6. The number of hydrogen-bond donors (Lipinski definition) is 1. The van der Waals surface area contributed by atoms with E-state index in [4.69, 9.17) is 4.74 Å². The summed E-state index contributed by atoms with van der Waals surface area (Å²) in [6.45, 7) is 4.44. The molecule has 2 atom stereocenters. The molecule has 0 amide bonds. The Morgan fingerprint density at radius 3 is 2.25 bits per heavy atom. The van der Waals surface area contributed by atoms with Gasteiger partial charge in [-0.05, 0) is 87.9 Å². The maximum atomic E-state index is 5.62. The monoisotopic (exact) mass is 277 g/mol. The van der Waals surface area contributed by atoms with E-state index in [1.54, 1.807) is 19.3 Å². The van der Waals surface area contributed by atoms with E-state index in [-0.39, 0.29) is 0 Å². The van der Waals surface area contributed by atoms with Crippen molar-refractivity contribution in [3.8, 4) is 0 Å². The van der Waals surface area contributed by atoms with E-state index in [9.17, 15) is 0 Å². The summed E-state index contributed by atoms with van der Waals surface area (Å²) in [5, 5.41) is 4.04. The lowest BCUT2D eigenvalue weighted by Gasteiger charge is -2.59. The lowest BCUT2D eigenvalue weighted by atomic mass is 9.48. The second-order valence-corrected chi connectivity index (χ2v) is 8.41. The van der Waals surface area contributed by atoms with Crippen LogP contribution in [0.2, 0.25) is 0 Å². The van der Waals surface area contributed by atoms with Gasteiger partial charge in [0.1, 0.15) is 0 Å².